The number of hydrogen-bond acceptors (Lipinski definition) is 2. The largest absolute Gasteiger partial charge is 0.342 e. The van der Waals surface area contributed by atoms with Crippen LogP contribution in [0, 0.1) is 12.8 Å². The Labute approximate surface area is 119 Å². The molecule has 0 atom stereocenters. The van der Waals surface area contributed by atoms with Crippen molar-refractivity contribution >= 4 is 17.4 Å². The van der Waals surface area contributed by atoms with Crippen LogP contribution in [-0.4, -0.2) is 23.8 Å². The van der Waals surface area contributed by atoms with Crippen LogP contribution in [0.5, 0.6) is 0 Å². The third-order valence-corrected chi connectivity index (χ3v) is 4.24. The lowest BCUT2D eigenvalue weighted by Crippen LogP contribution is -2.26. The van der Waals surface area contributed by atoms with Crippen LogP contribution in [0.4, 0.5) is 10.5 Å². The zero-order valence-electron chi connectivity index (χ0n) is 12.1. The number of fused-ring (bicyclic) bond motifs is 1. The van der Waals surface area contributed by atoms with Gasteiger partial charge >= 0.3 is 6.03 Å². The second kappa shape index (κ2) is 5.27. The molecule has 0 unspecified atom stereocenters. The molecule has 0 aromatic heterocycles. The summed E-state index contributed by atoms with van der Waals surface area (Å²) < 4.78 is 0. The number of carbonyl (C=O) groups excluding carboxylic acids is 1. The normalized spacial score (nSPS) is 20.0. The van der Waals surface area contributed by atoms with E-state index in [2.05, 4.69) is 22.6 Å². The first kappa shape index (κ1) is 13.2. The Hall–Kier alpha value is -1.84. The molecule has 1 saturated carbocycles. The molecule has 1 fully saturated rings. The maximum absolute atomic E-state index is 12.0. The fourth-order valence-corrected chi connectivity index (χ4v) is 3.12. The van der Waals surface area contributed by atoms with Gasteiger partial charge in [0.1, 0.15) is 0 Å². The molecule has 3 rings (SSSR count). The second-order valence-corrected chi connectivity index (χ2v) is 5.82. The number of nitrogens with one attached hydrogen (secondary N) is 1. The molecule has 106 valence electrons. The van der Waals surface area contributed by atoms with Crippen molar-refractivity contribution in [3.8, 4) is 0 Å². The molecule has 1 N–H and O–H groups in total. The van der Waals surface area contributed by atoms with Crippen LogP contribution in [0.25, 0.3) is 0 Å². The molecule has 1 aromatic rings. The van der Waals surface area contributed by atoms with Crippen molar-refractivity contribution in [1.82, 2.24) is 5.01 Å². The van der Waals surface area contributed by atoms with Gasteiger partial charge in [-0.15, -0.1) is 0 Å². The molecular formula is C16H21N3O. The highest BCUT2D eigenvalue weighted by atomic mass is 16.2. The molecule has 0 saturated heterocycles. The molecule has 1 aliphatic heterocycles. The smallest absolute Gasteiger partial charge is 0.306 e. The number of carbonyl (C=O) groups is 1. The minimum absolute atomic E-state index is 0.164. The van der Waals surface area contributed by atoms with Crippen molar-refractivity contribution in [3.05, 3.63) is 29.3 Å². The Bertz CT molecular complexity index is 559. The first-order valence-corrected chi connectivity index (χ1v) is 7.39. The van der Waals surface area contributed by atoms with Crippen LogP contribution >= 0.6 is 0 Å². The van der Waals surface area contributed by atoms with E-state index in [9.17, 15) is 4.79 Å². The molecule has 1 aromatic carbocycles. The Morgan fingerprint density at radius 3 is 2.75 bits per heavy atom. The first-order valence-electron chi connectivity index (χ1n) is 7.39. The van der Waals surface area contributed by atoms with E-state index in [-0.39, 0.29) is 6.03 Å². The van der Waals surface area contributed by atoms with Crippen LogP contribution in [0.3, 0.4) is 0 Å². The standard InChI is InChI=1S/C16H21N3O/c1-11-8-9-13-14(10-11)17-16(20)19(2)18-15(13)12-6-4-3-5-7-12/h8-10,12H,3-7H2,1-2H3,(H,17,20). The predicted molar refractivity (Wildman–Crippen MR) is 81.1 cm³/mol. The van der Waals surface area contributed by atoms with Gasteiger partial charge in [-0.05, 0) is 31.4 Å². The van der Waals surface area contributed by atoms with Gasteiger partial charge in [0.2, 0.25) is 0 Å². The number of hydrogen-bond donors (Lipinski definition) is 1. The molecule has 0 bridgehead atoms. The van der Waals surface area contributed by atoms with Crippen molar-refractivity contribution in [1.29, 1.82) is 0 Å². The maximum atomic E-state index is 12.0. The van der Waals surface area contributed by atoms with Gasteiger partial charge in [-0.3, -0.25) is 0 Å². The summed E-state index contributed by atoms with van der Waals surface area (Å²) in [5, 5.41) is 8.97. The highest BCUT2D eigenvalue weighted by Crippen LogP contribution is 2.32. The third-order valence-electron chi connectivity index (χ3n) is 4.24. The summed E-state index contributed by atoms with van der Waals surface area (Å²) in [6, 6.07) is 6.05. The average molecular weight is 271 g/mol. The lowest BCUT2D eigenvalue weighted by Gasteiger charge is -2.24. The van der Waals surface area contributed by atoms with Crippen LogP contribution in [0.2, 0.25) is 0 Å². The predicted octanol–water partition coefficient (Wildman–Crippen LogP) is 3.76. The number of benzene rings is 1. The zero-order valence-corrected chi connectivity index (χ0v) is 12.1. The van der Waals surface area contributed by atoms with E-state index in [4.69, 9.17) is 0 Å². The van der Waals surface area contributed by atoms with Gasteiger partial charge in [0.15, 0.2) is 0 Å². The van der Waals surface area contributed by atoms with Gasteiger partial charge in [0.25, 0.3) is 0 Å². The number of amides is 2. The Morgan fingerprint density at radius 2 is 2.00 bits per heavy atom. The zero-order chi connectivity index (χ0) is 14.1. The van der Waals surface area contributed by atoms with Gasteiger partial charge in [0, 0.05) is 18.5 Å². The van der Waals surface area contributed by atoms with Crippen LogP contribution in [-0.2, 0) is 0 Å². The van der Waals surface area contributed by atoms with Crippen molar-refractivity contribution in [2.75, 3.05) is 12.4 Å². The molecule has 2 amide bonds. The third kappa shape index (κ3) is 2.42. The molecule has 4 heteroatoms. The van der Waals surface area contributed by atoms with Crippen molar-refractivity contribution in [2.24, 2.45) is 11.0 Å². The topological polar surface area (TPSA) is 44.7 Å². The Morgan fingerprint density at radius 1 is 1.25 bits per heavy atom. The van der Waals surface area contributed by atoms with Crippen LogP contribution in [0.1, 0.15) is 43.2 Å². The fourth-order valence-electron chi connectivity index (χ4n) is 3.12. The molecular weight excluding hydrogens is 250 g/mol. The molecule has 1 heterocycles. The van der Waals surface area contributed by atoms with Gasteiger partial charge in [0.05, 0.1) is 11.4 Å². The van der Waals surface area contributed by atoms with Gasteiger partial charge < -0.3 is 5.32 Å². The summed E-state index contributed by atoms with van der Waals surface area (Å²) in [4.78, 5) is 12.0. The molecule has 2 aliphatic rings. The Kier molecular flexibility index (Phi) is 3.47. The molecule has 20 heavy (non-hydrogen) atoms. The van der Waals surface area contributed by atoms with Gasteiger partial charge in [-0.2, -0.15) is 5.10 Å². The molecule has 4 nitrogen and oxygen atoms in total. The summed E-state index contributed by atoms with van der Waals surface area (Å²) in [7, 11) is 1.72. The minimum Gasteiger partial charge on any atom is -0.306 e. The van der Waals surface area contributed by atoms with E-state index < -0.39 is 0 Å². The van der Waals surface area contributed by atoms with Crippen LogP contribution < -0.4 is 5.32 Å². The summed E-state index contributed by atoms with van der Waals surface area (Å²) in [6.07, 6.45) is 6.19. The SMILES string of the molecule is Cc1ccc2c(c1)NC(=O)N(C)N=C2C1CCCCC1. The summed E-state index contributed by atoms with van der Waals surface area (Å²) >= 11 is 0. The molecule has 1 aliphatic carbocycles. The summed E-state index contributed by atoms with van der Waals surface area (Å²) in [5.74, 6) is 0.473. The number of anilines is 1. The van der Waals surface area contributed by atoms with E-state index in [1.165, 1.54) is 37.1 Å². The molecule has 0 spiro atoms. The van der Waals surface area contributed by atoms with Crippen molar-refractivity contribution < 1.29 is 4.79 Å². The van der Waals surface area contributed by atoms with Crippen molar-refractivity contribution in [2.45, 2.75) is 39.0 Å². The van der Waals surface area contributed by atoms with E-state index >= 15 is 0 Å². The Balaban J connectivity index is 2.05. The van der Waals surface area contributed by atoms with Crippen molar-refractivity contribution in [3.63, 3.8) is 0 Å². The molecule has 0 radical (unpaired) electrons. The monoisotopic (exact) mass is 271 g/mol. The van der Waals surface area contributed by atoms with Crippen LogP contribution in [0.15, 0.2) is 23.3 Å². The maximum Gasteiger partial charge on any atom is 0.342 e. The minimum atomic E-state index is -0.164. The lowest BCUT2D eigenvalue weighted by molar-refractivity contribution is 0.224. The van der Waals surface area contributed by atoms with E-state index in [0.717, 1.165) is 22.5 Å². The number of nitrogens with zero attached hydrogens (tertiary/aromatic N) is 2. The number of urea groups is 1. The second-order valence-electron chi connectivity index (χ2n) is 5.82. The number of aryl methyl sites for hydroxylation is 1. The average Bonchev–Trinajstić information content (AvgIpc) is 2.57. The highest BCUT2D eigenvalue weighted by Gasteiger charge is 2.27. The van der Waals surface area contributed by atoms with E-state index in [0.29, 0.717) is 5.92 Å². The quantitative estimate of drug-likeness (QED) is 0.830. The van der Waals surface area contributed by atoms with E-state index in [1.807, 2.05) is 13.0 Å². The number of rotatable bonds is 1. The lowest BCUT2D eigenvalue weighted by atomic mass is 9.83. The fraction of sp³-hybridized carbons (Fsp3) is 0.500. The summed E-state index contributed by atoms with van der Waals surface area (Å²) in [6.45, 7) is 2.04. The number of hydrazone groups is 1. The van der Waals surface area contributed by atoms with Gasteiger partial charge in [-0.25, -0.2) is 9.80 Å². The summed E-state index contributed by atoms with van der Waals surface area (Å²) in [5.41, 5.74) is 4.20. The highest BCUT2D eigenvalue weighted by molar-refractivity contribution is 6.10. The van der Waals surface area contributed by atoms with E-state index in [1.54, 1.807) is 7.05 Å². The first-order chi connectivity index (χ1) is 9.65. The van der Waals surface area contributed by atoms with Gasteiger partial charge in [-0.1, -0.05) is 31.4 Å².